The average molecular weight is 806 g/mol. The van der Waals surface area contributed by atoms with E-state index in [0.717, 1.165) is 75.4 Å². The van der Waals surface area contributed by atoms with Gasteiger partial charge in [0.05, 0.1) is 28.7 Å². The number of carbonyl (C=O) groups is 4. The second-order valence-corrected chi connectivity index (χ2v) is 19.5. The van der Waals surface area contributed by atoms with Gasteiger partial charge in [-0.3, -0.25) is 23.9 Å². The van der Waals surface area contributed by atoms with Crippen LogP contribution in [-0.4, -0.2) is 82.1 Å². The number of unbranched alkanes of at least 4 members (excludes halogenated alkanes) is 2. The van der Waals surface area contributed by atoms with Gasteiger partial charge in [-0.2, -0.15) is 0 Å². The highest BCUT2D eigenvalue weighted by Crippen LogP contribution is 2.47. The molecule has 3 heterocycles. The van der Waals surface area contributed by atoms with Crippen LogP contribution in [0.1, 0.15) is 129 Å². The van der Waals surface area contributed by atoms with E-state index in [2.05, 4.69) is 17.0 Å². The predicted molar refractivity (Wildman–Crippen MR) is 214 cm³/mol. The fourth-order valence-electron chi connectivity index (χ4n) is 8.88. The summed E-state index contributed by atoms with van der Waals surface area (Å²) in [5, 5.41) is 2.95. The van der Waals surface area contributed by atoms with Gasteiger partial charge in [-0.15, -0.1) is 0 Å². The lowest BCUT2D eigenvalue weighted by molar-refractivity contribution is -0.155. The van der Waals surface area contributed by atoms with E-state index in [1.807, 2.05) is 43.3 Å². The summed E-state index contributed by atoms with van der Waals surface area (Å²) >= 11 is 0. The maximum Gasteiger partial charge on any atom is 0.306 e. The van der Waals surface area contributed by atoms with Gasteiger partial charge in [0, 0.05) is 18.3 Å². The van der Waals surface area contributed by atoms with E-state index in [1.165, 1.54) is 4.90 Å². The lowest BCUT2D eigenvalue weighted by Gasteiger charge is -2.29. The Labute approximate surface area is 336 Å². The Kier molecular flexibility index (Phi) is 12.3. The van der Waals surface area contributed by atoms with Crippen LogP contribution in [0.25, 0.3) is 11.0 Å². The third-order valence-electron chi connectivity index (χ3n) is 13.0. The number of para-hydroxylation sites is 2. The van der Waals surface area contributed by atoms with Crippen molar-refractivity contribution >= 4 is 44.7 Å². The van der Waals surface area contributed by atoms with Gasteiger partial charge < -0.3 is 19.7 Å². The predicted octanol–water partition coefficient (Wildman–Crippen LogP) is 5.84. The Hall–Kier alpha value is -4.07. The van der Waals surface area contributed by atoms with Gasteiger partial charge >= 0.3 is 5.97 Å². The molecule has 2 bridgehead atoms. The second kappa shape index (κ2) is 17.0. The number of aryl methyl sites for hydroxylation is 1. The maximum atomic E-state index is 14.6. The molecule has 3 aliphatic carbocycles. The first kappa shape index (κ1) is 41.1. The molecule has 14 heteroatoms. The molecular formula is C43H59N5O8S. The number of fused-ring (bicyclic) bond motifs is 5. The van der Waals surface area contributed by atoms with E-state index in [-0.39, 0.29) is 43.7 Å². The Morgan fingerprint density at radius 3 is 2.49 bits per heavy atom. The number of amides is 3. The van der Waals surface area contributed by atoms with Crippen molar-refractivity contribution in [1.29, 1.82) is 0 Å². The van der Waals surface area contributed by atoms with Gasteiger partial charge in [0.1, 0.15) is 29.5 Å². The summed E-state index contributed by atoms with van der Waals surface area (Å²) in [4.78, 5) is 67.7. The van der Waals surface area contributed by atoms with Crippen molar-refractivity contribution in [3.63, 3.8) is 0 Å². The van der Waals surface area contributed by atoms with E-state index in [4.69, 9.17) is 19.4 Å². The minimum Gasteiger partial charge on any atom is -0.471 e. The Morgan fingerprint density at radius 2 is 1.75 bits per heavy atom. The number of hydrogen-bond acceptors (Lipinski definition) is 10. The number of nitrogens with one attached hydrogen (secondary N) is 2. The van der Waals surface area contributed by atoms with Crippen molar-refractivity contribution in [3.8, 4) is 5.88 Å². The number of esters is 1. The zero-order chi connectivity index (χ0) is 40.4. The number of hydrogen-bond donors (Lipinski definition) is 2. The maximum absolute atomic E-state index is 14.6. The molecule has 0 radical (unpaired) electrons. The van der Waals surface area contributed by atoms with Gasteiger partial charge in [-0.05, 0) is 95.6 Å². The smallest absolute Gasteiger partial charge is 0.306 e. The molecule has 1 aromatic carbocycles. The molecule has 3 saturated carbocycles. The van der Waals surface area contributed by atoms with Crippen molar-refractivity contribution < 1.29 is 37.1 Å². The first-order valence-corrected chi connectivity index (χ1v) is 22.8. The summed E-state index contributed by atoms with van der Waals surface area (Å²) in [5.74, 6) is -2.63. The van der Waals surface area contributed by atoms with Crippen LogP contribution in [0.15, 0.2) is 36.4 Å². The lowest BCUT2D eigenvalue weighted by Crippen LogP contribution is -2.57. The molecule has 4 fully saturated rings. The number of benzene rings is 1. The van der Waals surface area contributed by atoms with Gasteiger partial charge in [0.25, 0.3) is 5.91 Å². The summed E-state index contributed by atoms with van der Waals surface area (Å²) < 4.78 is 40.4. The normalized spacial score (nSPS) is 30.4. The highest BCUT2D eigenvalue weighted by molar-refractivity contribution is 7.91. The van der Waals surface area contributed by atoms with E-state index in [1.54, 1.807) is 6.92 Å². The van der Waals surface area contributed by atoms with E-state index in [9.17, 15) is 27.6 Å². The first-order chi connectivity index (χ1) is 27.4. The topological polar surface area (TPSA) is 174 Å². The summed E-state index contributed by atoms with van der Waals surface area (Å²) in [5.41, 5.74) is 0.649. The molecule has 2 aromatic rings. The number of ether oxygens (including phenoxy) is 2. The molecule has 2 aliphatic heterocycles. The Balaban J connectivity index is 1.19. The SMILES string of the molecule is CCCC/C=C\[C@@H]1C[C@]1(NC(=O)[C@@H]1C[C@@H]2CN1C(=O)[C@H](CC)CC(=O)O[C@@H]1CCC[C@H]1CCCCCc1nc3ccccc3nc1O2)C(=O)NS(=O)(=O)C1(C)CC1. The van der Waals surface area contributed by atoms with Crippen LogP contribution in [0.3, 0.4) is 0 Å². The van der Waals surface area contributed by atoms with Gasteiger partial charge in [-0.1, -0.05) is 63.8 Å². The fraction of sp³-hybridized carbons (Fsp3) is 0.674. The van der Waals surface area contributed by atoms with Crippen LogP contribution in [0.5, 0.6) is 5.88 Å². The third-order valence-corrected chi connectivity index (χ3v) is 15.2. The van der Waals surface area contributed by atoms with Crippen molar-refractivity contribution in [3.05, 3.63) is 42.1 Å². The van der Waals surface area contributed by atoms with Crippen LogP contribution < -0.4 is 14.8 Å². The van der Waals surface area contributed by atoms with Gasteiger partial charge in [0.2, 0.25) is 27.7 Å². The molecule has 0 unspecified atom stereocenters. The molecule has 1 aromatic heterocycles. The van der Waals surface area contributed by atoms with E-state index in [0.29, 0.717) is 37.1 Å². The molecule has 3 amide bonds. The zero-order valence-electron chi connectivity index (χ0n) is 33.7. The van der Waals surface area contributed by atoms with E-state index >= 15 is 0 Å². The number of rotatable bonds is 10. The minimum atomic E-state index is -3.98. The fourth-order valence-corrected chi connectivity index (χ4v) is 10.2. The minimum absolute atomic E-state index is 0.0490. The highest BCUT2D eigenvalue weighted by atomic mass is 32.2. The van der Waals surface area contributed by atoms with Crippen LogP contribution >= 0.6 is 0 Å². The molecule has 1 saturated heterocycles. The third kappa shape index (κ3) is 9.00. The lowest BCUT2D eigenvalue weighted by atomic mass is 9.96. The number of nitrogens with zero attached hydrogens (tertiary/aromatic N) is 3. The first-order valence-electron chi connectivity index (χ1n) is 21.3. The summed E-state index contributed by atoms with van der Waals surface area (Å²) in [7, 11) is -3.98. The van der Waals surface area contributed by atoms with Crippen molar-refractivity contribution in [2.45, 2.75) is 158 Å². The molecule has 7 atom stereocenters. The molecule has 13 nitrogen and oxygen atoms in total. The quantitative estimate of drug-likeness (QED) is 0.169. The molecule has 310 valence electrons. The summed E-state index contributed by atoms with van der Waals surface area (Å²) in [6.07, 6.45) is 14.5. The van der Waals surface area contributed by atoms with E-state index < -0.39 is 62.1 Å². The molecule has 0 spiro atoms. The molecular weight excluding hydrogens is 747 g/mol. The number of allylic oxidation sites excluding steroid dienone is 1. The molecule has 57 heavy (non-hydrogen) atoms. The Bertz CT molecular complexity index is 1980. The van der Waals surface area contributed by atoms with Gasteiger partial charge in [-0.25, -0.2) is 18.4 Å². The van der Waals surface area contributed by atoms with Crippen LogP contribution in [-0.2, 0) is 40.4 Å². The average Bonchev–Trinajstić information content (AvgIpc) is 3.99. The zero-order valence-corrected chi connectivity index (χ0v) is 34.5. The molecule has 5 aliphatic rings. The second-order valence-electron chi connectivity index (χ2n) is 17.3. The molecule has 7 rings (SSSR count). The van der Waals surface area contributed by atoms with Crippen LogP contribution in [0, 0.1) is 17.8 Å². The standard InChI is InChI=1S/C43H59N5O8S/c1-4-6-7-10-17-30-26-43(30,41(52)47-57(53,54)42(3)22-23-42)46-38(50)35-25-31-27-48(35)40(51)28(5-2)24-37(49)56-36-21-14-16-29(36)15-9-8-11-20-34-39(55-31)45-33-19-13-12-18-32(33)44-34/h10,12-13,17-19,28-31,35-36H,4-9,11,14-16,20-27H2,1-3H3,(H,46,50)(H,47,52)/b17-10-/t28-,29-,30-,31-,35+,36-,43-/m1/s1. The van der Waals surface area contributed by atoms with Crippen molar-refractivity contribution in [2.75, 3.05) is 6.54 Å². The Morgan fingerprint density at radius 1 is 1.00 bits per heavy atom. The number of sulfonamides is 1. The number of carbonyl (C=O) groups excluding carboxylic acids is 4. The largest absolute Gasteiger partial charge is 0.471 e. The van der Waals surface area contributed by atoms with Crippen LogP contribution in [0.2, 0.25) is 0 Å². The van der Waals surface area contributed by atoms with Crippen molar-refractivity contribution in [1.82, 2.24) is 24.9 Å². The van der Waals surface area contributed by atoms with Crippen LogP contribution in [0.4, 0.5) is 0 Å². The molecule has 2 N–H and O–H groups in total. The summed E-state index contributed by atoms with van der Waals surface area (Å²) in [6, 6.07) is 6.54. The highest BCUT2D eigenvalue weighted by Gasteiger charge is 2.63. The number of aromatic nitrogens is 2. The monoisotopic (exact) mass is 805 g/mol. The van der Waals surface area contributed by atoms with Gasteiger partial charge in [0.15, 0.2) is 0 Å². The summed E-state index contributed by atoms with van der Waals surface area (Å²) in [6.45, 7) is 5.58. The van der Waals surface area contributed by atoms with Crippen molar-refractivity contribution in [2.24, 2.45) is 17.8 Å².